The van der Waals surface area contributed by atoms with Gasteiger partial charge in [0.05, 0.1) is 18.1 Å². The summed E-state index contributed by atoms with van der Waals surface area (Å²) in [6, 6.07) is 13.2. The number of benzene rings is 2. The van der Waals surface area contributed by atoms with Crippen LogP contribution in [-0.4, -0.2) is 24.0 Å². The first kappa shape index (κ1) is 16.8. The van der Waals surface area contributed by atoms with Crippen LogP contribution in [0.25, 0.3) is 0 Å². The van der Waals surface area contributed by atoms with E-state index in [0.717, 1.165) is 12.8 Å². The monoisotopic (exact) mass is 342 g/mol. The van der Waals surface area contributed by atoms with Crippen LogP contribution in [0.5, 0.6) is 11.5 Å². The van der Waals surface area contributed by atoms with Crippen molar-refractivity contribution in [2.75, 3.05) is 7.11 Å². The standard InChI is InChI=1S/C18H18N2O5/c1-24-15-10-9-14(20(22)23)11-16(15)25-17(12-5-3-2-4-6-12)18(21)19-13-7-8-13/h2-6,9-11,13,17H,7-8H2,1H3,(H,19,21)/t17-/m1/s1. The minimum absolute atomic E-state index is 0.134. The van der Waals surface area contributed by atoms with Crippen molar-refractivity contribution in [3.05, 3.63) is 64.2 Å². The van der Waals surface area contributed by atoms with Gasteiger partial charge in [-0.3, -0.25) is 14.9 Å². The molecular weight excluding hydrogens is 324 g/mol. The second-order valence-corrected chi connectivity index (χ2v) is 5.78. The molecule has 1 aliphatic rings. The molecule has 2 aromatic rings. The van der Waals surface area contributed by atoms with E-state index in [1.54, 1.807) is 24.3 Å². The van der Waals surface area contributed by atoms with Gasteiger partial charge in [-0.15, -0.1) is 0 Å². The lowest BCUT2D eigenvalue weighted by molar-refractivity contribution is -0.385. The molecule has 0 unspecified atom stereocenters. The van der Waals surface area contributed by atoms with E-state index in [2.05, 4.69) is 5.32 Å². The molecule has 1 saturated carbocycles. The molecule has 0 radical (unpaired) electrons. The van der Waals surface area contributed by atoms with Crippen LogP contribution in [0.3, 0.4) is 0 Å². The number of rotatable bonds is 7. The third-order valence-corrected chi connectivity index (χ3v) is 3.87. The van der Waals surface area contributed by atoms with Crippen molar-refractivity contribution in [3.8, 4) is 11.5 Å². The van der Waals surface area contributed by atoms with Gasteiger partial charge in [0.15, 0.2) is 11.5 Å². The van der Waals surface area contributed by atoms with Gasteiger partial charge in [-0.1, -0.05) is 30.3 Å². The molecule has 1 aliphatic carbocycles. The number of nitro benzene ring substituents is 1. The van der Waals surface area contributed by atoms with Gasteiger partial charge in [-0.25, -0.2) is 0 Å². The summed E-state index contributed by atoms with van der Waals surface area (Å²) in [6.07, 6.45) is 0.985. The number of carbonyl (C=O) groups excluding carboxylic acids is 1. The van der Waals surface area contributed by atoms with Gasteiger partial charge in [-0.2, -0.15) is 0 Å². The first-order valence-electron chi connectivity index (χ1n) is 7.93. The normalized spacial score (nSPS) is 14.4. The maximum Gasteiger partial charge on any atom is 0.273 e. The Morgan fingerprint density at radius 1 is 1.20 bits per heavy atom. The summed E-state index contributed by atoms with van der Waals surface area (Å²) in [5.74, 6) is 0.199. The van der Waals surface area contributed by atoms with Gasteiger partial charge in [0, 0.05) is 17.7 Å². The van der Waals surface area contributed by atoms with Crippen molar-refractivity contribution in [1.82, 2.24) is 5.32 Å². The number of nitrogens with zero attached hydrogens (tertiary/aromatic N) is 1. The molecule has 3 rings (SSSR count). The molecule has 1 fully saturated rings. The van der Waals surface area contributed by atoms with E-state index in [0.29, 0.717) is 11.3 Å². The average Bonchev–Trinajstić information content (AvgIpc) is 3.44. The molecule has 0 bridgehead atoms. The second-order valence-electron chi connectivity index (χ2n) is 5.78. The predicted molar refractivity (Wildman–Crippen MR) is 90.6 cm³/mol. The third-order valence-electron chi connectivity index (χ3n) is 3.87. The van der Waals surface area contributed by atoms with Gasteiger partial charge in [0.25, 0.3) is 11.6 Å². The fourth-order valence-electron chi connectivity index (χ4n) is 2.40. The molecule has 1 atom stereocenters. The highest BCUT2D eigenvalue weighted by Crippen LogP contribution is 2.35. The summed E-state index contributed by atoms with van der Waals surface area (Å²) in [5, 5.41) is 13.9. The number of carbonyl (C=O) groups is 1. The molecule has 1 amide bonds. The topological polar surface area (TPSA) is 90.7 Å². The minimum Gasteiger partial charge on any atom is -0.493 e. The molecule has 0 saturated heterocycles. The first-order chi connectivity index (χ1) is 12.1. The van der Waals surface area contributed by atoms with E-state index < -0.39 is 11.0 Å². The fraction of sp³-hybridized carbons (Fsp3) is 0.278. The van der Waals surface area contributed by atoms with E-state index in [9.17, 15) is 14.9 Å². The van der Waals surface area contributed by atoms with Crippen molar-refractivity contribution in [2.45, 2.75) is 25.0 Å². The summed E-state index contributed by atoms with van der Waals surface area (Å²) in [5.41, 5.74) is 0.527. The van der Waals surface area contributed by atoms with Crippen LogP contribution in [0.2, 0.25) is 0 Å². The van der Waals surface area contributed by atoms with Crippen molar-refractivity contribution < 1.29 is 19.2 Å². The molecule has 7 nitrogen and oxygen atoms in total. The van der Waals surface area contributed by atoms with Crippen LogP contribution in [-0.2, 0) is 4.79 Å². The average molecular weight is 342 g/mol. The molecule has 2 aromatic carbocycles. The number of amides is 1. The van der Waals surface area contributed by atoms with Crippen LogP contribution in [0.1, 0.15) is 24.5 Å². The molecule has 25 heavy (non-hydrogen) atoms. The lowest BCUT2D eigenvalue weighted by atomic mass is 10.1. The van der Waals surface area contributed by atoms with E-state index in [4.69, 9.17) is 9.47 Å². The van der Waals surface area contributed by atoms with Gasteiger partial charge in [0.2, 0.25) is 6.10 Å². The molecule has 0 heterocycles. The van der Waals surface area contributed by atoms with Gasteiger partial charge >= 0.3 is 0 Å². The SMILES string of the molecule is COc1ccc([N+](=O)[O-])cc1O[C@@H](C(=O)NC1CC1)c1ccccc1. The summed E-state index contributed by atoms with van der Waals surface area (Å²) in [7, 11) is 1.44. The minimum atomic E-state index is -0.919. The molecular formula is C18H18N2O5. The lowest BCUT2D eigenvalue weighted by Gasteiger charge is -2.20. The van der Waals surface area contributed by atoms with Crippen LogP contribution in [0, 0.1) is 10.1 Å². The van der Waals surface area contributed by atoms with Crippen LogP contribution in [0.15, 0.2) is 48.5 Å². The van der Waals surface area contributed by atoms with E-state index in [-0.39, 0.29) is 23.4 Å². The number of methoxy groups -OCH3 is 1. The first-order valence-corrected chi connectivity index (χ1v) is 7.93. The van der Waals surface area contributed by atoms with Crippen molar-refractivity contribution >= 4 is 11.6 Å². The molecule has 0 spiro atoms. The third kappa shape index (κ3) is 4.06. The fourth-order valence-corrected chi connectivity index (χ4v) is 2.40. The quantitative estimate of drug-likeness (QED) is 0.617. The zero-order valence-corrected chi connectivity index (χ0v) is 13.7. The Balaban J connectivity index is 1.92. The maximum absolute atomic E-state index is 12.6. The number of non-ortho nitro benzene ring substituents is 1. The van der Waals surface area contributed by atoms with Crippen molar-refractivity contribution in [1.29, 1.82) is 0 Å². The second kappa shape index (κ2) is 7.21. The Hall–Kier alpha value is -3.09. The smallest absolute Gasteiger partial charge is 0.273 e. The van der Waals surface area contributed by atoms with Crippen LogP contribution >= 0.6 is 0 Å². The zero-order valence-electron chi connectivity index (χ0n) is 13.7. The van der Waals surface area contributed by atoms with Crippen LogP contribution < -0.4 is 14.8 Å². The van der Waals surface area contributed by atoms with Crippen molar-refractivity contribution in [2.24, 2.45) is 0 Å². The Labute approximate surface area is 144 Å². The number of hydrogen-bond acceptors (Lipinski definition) is 5. The molecule has 0 aliphatic heterocycles. The van der Waals surface area contributed by atoms with Gasteiger partial charge < -0.3 is 14.8 Å². The summed E-state index contributed by atoms with van der Waals surface area (Å²) < 4.78 is 11.1. The highest BCUT2D eigenvalue weighted by Gasteiger charge is 2.30. The van der Waals surface area contributed by atoms with Crippen molar-refractivity contribution in [3.63, 3.8) is 0 Å². The number of nitro groups is 1. The Bertz CT molecular complexity index is 774. The zero-order chi connectivity index (χ0) is 17.8. The van der Waals surface area contributed by atoms with E-state index in [1.807, 2.05) is 6.07 Å². The van der Waals surface area contributed by atoms with Gasteiger partial charge in [0.1, 0.15) is 0 Å². The Morgan fingerprint density at radius 2 is 1.92 bits per heavy atom. The van der Waals surface area contributed by atoms with Gasteiger partial charge in [-0.05, 0) is 18.9 Å². The maximum atomic E-state index is 12.6. The summed E-state index contributed by atoms with van der Waals surface area (Å²) in [6.45, 7) is 0. The Morgan fingerprint density at radius 3 is 2.52 bits per heavy atom. The largest absolute Gasteiger partial charge is 0.493 e. The Kier molecular flexibility index (Phi) is 4.83. The van der Waals surface area contributed by atoms with Crippen LogP contribution in [0.4, 0.5) is 5.69 Å². The molecule has 0 aromatic heterocycles. The van der Waals surface area contributed by atoms with E-state index >= 15 is 0 Å². The molecule has 130 valence electrons. The number of nitrogens with one attached hydrogen (secondary N) is 1. The molecule has 1 N–H and O–H groups in total. The summed E-state index contributed by atoms with van der Waals surface area (Å²) >= 11 is 0. The highest BCUT2D eigenvalue weighted by molar-refractivity contribution is 5.83. The highest BCUT2D eigenvalue weighted by atomic mass is 16.6. The van der Waals surface area contributed by atoms with E-state index in [1.165, 1.54) is 25.3 Å². The number of ether oxygens (including phenoxy) is 2. The summed E-state index contributed by atoms with van der Waals surface area (Å²) in [4.78, 5) is 23.1. The predicted octanol–water partition coefficient (Wildman–Crippen LogP) is 3.00. The lowest BCUT2D eigenvalue weighted by Crippen LogP contribution is -2.33. The number of hydrogen-bond donors (Lipinski definition) is 1. The molecule has 7 heteroatoms.